The van der Waals surface area contributed by atoms with Crippen molar-refractivity contribution in [3.63, 3.8) is 0 Å². The molecular weight excluding hydrogens is 314 g/mol. The zero-order valence-corrected chi connectivity index (χ0v) is 12.5. The summed E-state index contributed by atoms with van der Waals surface area (Å²) in [5, 5.41) is 4.05. The maximum Gasteiger partial charge on any atom is 0.133 e. The third-order valence-corrected chi connectivity index (χ3v) is 4.06. The number of thiophene rings is 1. The highest BCUT2D eigenvalue weighted by atomic mass is 79.9. The molecule has 0 unspecified atom stereocenters. The third kappa shape index (κ3) is 2.53. The normalized spacial score (nSPS) is 12.2. The van der Waals surface area contributed by atoms with E-state index in [9.17, 15) is 0 Å². The Balaban J connectivity index is 2.48. The zero-order chi connectivity index (χ0) is 13.1. The number of benzene rings is 1. The van der Waals surface area contributed by atoms with Crippen molar-refractivity contribution in [1.82, 2.24) is 0 Å². The summed E-state index contributed by atoms with van der Waals surface area (Å²) in [6, 6.07) is 5.59. The van der Waals surface area contributed by atoms with Gasteiger partial charge in [0.15, 0.2) is 0 Å². The zero-order valence-electron chi connectivity index (χ0n) is 10.1. The lowest BCUT2D eigenvalue weighted by Gasteiger charge is -2.17. The topological polar surface area (TPSA) is 44.5 Å². The van der Waals surface area contributed by atoms with E-state index in [4.69, 9.17) is 15.2 Å². The standard InChI is InChI=1S/C13H14BrNO2S/c1-16-11-6-10(14)12(17-2)5-9(11)13(15)8-3-4-18-7-8/h3-7,13H,15H2,1-2H3/t13-/m0/s1. The van der Waals surface area contributed by atoms with E-state index in [2.05, 4.69) is 15.9 Å². The molecule has 0 fully saturated rings. The fourth-order valence-corrected chi connectivity index (χ4v) is 2.94. The molecule has 0 saturated heterocycles. The van der Waals surface area contributed by atoms with Gasteiger partial charge in [0.25, 0.3) is 0 Å². The molecule has 1 heterocycles. The van der Waals surface area contributed by atoms with Gasteiger partial charge in [-0.05, 0) is 50.5 Å². The summed E-state index contributed by atoms with van der Waals surface area (Å²) in [5.41, 5.74) is 8.25. The molecule has 1 aromatic carbocycles. The highest BCUT2D eigenvalue weighted by molar-refractivity contribution is 9.10. The fraction of sp³-hybridized carbons (Fsp3) is 0.231. The van der Waals surface area contributed by atoms with Gasteiger partial charge in [-0.15, -0.1) is 0 Å². The van der Waals surface area contributed by atoms with Crippen LogP contribution < -0.4 is 15.2 Å². The molecular formula is C13H14BrNO2S. The molecule has 5 heteroatoms. The summed E-state index contributed by atoms with van der Waals surface area (Å²) in [7, 11) is 3.27. The van der Waals surface area contributed by atoms with Gasteiger partial charge in [-0.1, -0.05) is 0 Å². The van der Waals surface area contributed by atoms with E-state index in [1.54, 1.807) is 25.6 Å². The van der Waals surface area contributed by atoms with E-state index in [1.807, 2.05) is 29.0 Å². The van der Waals surface area contributed by atoms with E-state index in [1.165, 1.54) is 0 Å². The maximum atomic E-state index is 6.27. The van der Waals surface area contributed by atoms with Crippen LogP contribution in [0.1, 0.15) is 17.2 Å². The average Bonchev–Trinajstić information content (AvgIpc) is 2.91. The lowest BCUT2D eigenvalue weighted by Crippen LogP contribution is -2.12. The molecule has 2 rings (SSSR count). The van der Waals surface area contributed by atoms with Crippen LogP contribution in [0.25, 0.3) is 0 Å². The van der Waals surface area contributed by atoms with Crippen LogP contribution in [0.15, 0.2) is 33.4 Å². The van der Waals surface area contributed by atoms with E-state index in [-0.39, 0.29) is 6.04 Å². The first kappa shape index (κ1) is 13.4. The average molecular weight is 328 g/mol. The molecule has 1 atom stereocenters. The summed E-state index contributed by atoms with van der Waals surface area (Å²) in [6.45, 7) is 0. The number of hydrogen-bond donors (Lipinski definition) is 1. The van der Waals surface area contributed by atoms with Crippen molar-refractivity contribution >= 4 is 27.3 Å². The van der Waals surface area contributed by atoms with Crippen LogP contribution in [0, 0.1) is 0 Å². The second kappa shape index (κ2) is 5.73. The highest BCUT2D eigenvalue weighted by Crippen LogP contribution is 2.37. The van der Waals surface area contributed by atoms with Crippen LogP contribution in [-0.2, 0) is 0 Å². The summed E-state index contributed by atoms with van der Waals surface area (Å²) in [5.74, 6) is 1.50. The Kier molecular flexibility index (Phi) is 4.27. The SMILES string of the molecule is COc1cc([C@@H](N)c2ccsc2)c(OC)cc1Br. The van der Waals surface area contributed by atoms with Gasteiger partial charge in [0, 0.05) is 5.56 Å². The van der Waals surface area contributed by atoms with Crippen molar-refractivity contribution in [3.8, 4) is 11.5 Å². The number of hydrogen-bond acceptors (Lipinski definition) is 4. The Labute approximate surface area is 119 Å². The van der Waals surface area contributed by atoms with Crippen molar-refractivity contribution in [2.45, 2.75) is 6.04 Å². The second-order valence-electron chi connectivity index (χ2n) is 3.76. The highest BCUT2D eigenvalue weighted by Gasteiger charge is 2.17. The largest absolute Gasteiger partial charge is 0.496 e. The molecule has 96 valence electrons. The Morgan fingerprint density at radius 3 is 2.50 bits per heavy atom. The van der Waals surface area contributed by atoms with Gasteiger partial charge >= 0.3 is 0 Å². The van der Waals surface area contributed by atoms with Gasteiger partial charge in [-0.2, -0.15) is 11.3 Å². The smallest absolute Gasteiger partial charge is 0.133 e. The van der Waals surface area contributed by atoms with Gasteiger partial charge in [0.05, 0.1) is 24.7 Å². The first-order valence-corrected chi connectivity index (χ1v) is 7.10. The van der Waals surface area contributed by atoms with E-state index in [0.29, 0.717) is 0 Å². The van der Waals surface area contributed by atoms with Crippen LogP contribution in [0.5, 0.6) is 11.5 Å². The fourth-order valence-electron chi connectivity index (χ4n) is 1.76. The maximum absolute atomic E-state index is 6.27. The van der Waals surface area contributed by atoms with E-state index < -0.39 is 0 Å². The summed E-state index contributed by atoms with van der Waals surface area (Å²) in [6.07, 6.45) is 0. The number of ether oxygens (including phenoxy) is 2. The van der Waals surface area contributed by atoms with Crippen molar-refractivity contribution in [1.29, 1.82) is 0 Å². The minimum atomic E-state index is -0.215. The first-order valence-electron chi connectivity index (χ1n) is 5.36. The van der Waals surface area contributed by atoms with Gasteiger partial charge in [-0.3, -0.25) is 0 Å². The Bertz CT molecular complexity index is 528. The Morgan fingerprint density at radius 2 is 1.94 bits per heavy atom. The minimum absolute atomic E-state index is 0.215. The molecule has 3 nitrogen and oxygen atoms in total. The van der Waals surface area contributed by atoms with Crippen LogP contribution in [0.3, 0.4) is 0 Å². The van der Waals surface area contributed by atoms with E-state index >= 15 is 0 Å². The molecule has 0 aliphatic rings. The molecule has 1 aromatic heterocycles. The van der Waals surface area contributed by atoms with Crippen molar-refractivity contribution in [2.75, 3.05) is 14.2 Å². The van der Waals surface area contributed by atoms with Crippen LogP contribution in [0.4, 0.5) is 0 Å². The molecule has 0 saturated carbocycles. The van der Waals surface area contributed by atoms with Crippen molar-refractivity contribution in [3.05, 3.63) is 44.6 Å². The predicted molar refractivity (Wildman–Crippen MR) is 77.6 cm³/mol. The van der Waals surface area contributed by atoms with Crippen molar-refractivity contribution in [2.24, 2.45) is 5.73 Å². The number of methoxy groups -OCH3 is 2. The number of halogens is 1. The minimum Gasteiger partial charge on any atom is -0.496 e. The molecule has 2 N–H and O–H groups in total. The Morgan fingerprint density at radius 1 is 1.22 bits per heavy atom. The van der Waals surface area contributed by atoms with Gasteiger partial charge in [0.2, 0.25) is 0 Å². The van der Waals surface area contributed by atoms with Gasteiger partial charge in [-0.25, -0.2) is 0 Å². The number of nitrogens with two attached hydrogens (primary N) is 1. The van der Waals surface area contributed by atoms with Crippen LogP contribution >= 0.6 is 27.3 Å². The molecule has 0 radical (unpaired) electrons. The van der Waals surface area contributed by atoms with Gasteiger partial charge in [0.1, 0.15) is 11.5 Å². The molecule has 0 spiro atoms. The molecule has 0 amide bonds. The van der Waals surface area contributed by atoms with Gasteiger partial charge < -0.3 is 15.2 Å². The first-order chi connectivity index (χ1) is 8.67. The molecule has 0 aliphatic carbocycles. The molecule has 18 heavy (non-hydrogen) atoms. The second-order valence-corrected chi connectivity index (χ2v) is 5.40. The predicted octanol–water partition coefficient (Wildman–Crippen LogP) is 3.58. The van der Waals surface area contributed by atoms with E-state index in [0.717, 1.165) is 27.1 Å². The molecule has 2 aromatic rings. The van der Waals surface area contributed by atoms with Crippen LogP contribution in [-0.4, -0.2) is 14.2 Å². The summed E-state index contributed by atoms with van der Waals surface area (Å²) >= 11 is 5.06. The third-order valence-electron chi connectivity index (χ3n) is 2.74. The summed E-state index contributed by atoms with van der Waals surface area (Å²) in [4.78, 5) is 0. The number of rotatable bonds is 4. The quantitative estimate of drug-likeness (QED) is 0.933. The van der Waals surface area contributed by atoms with Crippen molar-refractivity contribution < 1.29 is 9.47 Å². The lowest BCUT2D eigenvalue weighted by atomic mass is 10.0. The Hall–Kier alpha value is -1.04. The summed E-state index contributed by atoms with van der Waals surface area (Å²) < 4.78 is 11.5. The monoisotopic (exact) mass is 327 g/mol. The molecule has 0 bridgehead atoms. The lowest BCUT2D eigenvalue weighted by molar-refractivity contribution is 0.395. The molecule has 0 aliphatic heterocycles. The van der Waals surface area contributed by atoms with Crippen LogP contribution in [0.2, 0.25) is 0 Å².